The van der Waals surface area contributed by atoms with Crippen molar-refractivity contribution in [3.8, 4) is 0 Å². The smallest absolute Gasteiger partial charge is 0.410 e. The Bertz CT molecular complexity index is 1200. The van der Waals surface area contributed by atoms with Gasteiger partial charge in [0.25, 0.3) is 5.91 Å². The zero-order valence-corrected chi connectivity index (χ0v) is 19.3. The molecular formula is C25H30N4O4. The number of nitrogens with zero attached hydrogens (tertiary/aromatic N) is 3. The summed E-state index contributed by atoms with van der Waals surface area (Å²) in [6.45, 7) is 8.20. The van der Waals surface area contributed by atoms with Crippen LogP contribution in [0.3, 0.4) is 0 Å². The number of benzene rings is 1. The van der Waals surface area contributed by atoms with Crippen LogP contribution in [0.25, 0.3) is 5.57 Å². The largest absolute Gasteiger partial charge is 0.444 e. The molecule has 1 aromatic heterocycles. The number of hydroxylamine groups is 1. The fraction of sp³-hybridized carbons (Fsp3) is 0.400. The molecule has 0 fully saturated rings. The van der Waals surface area contributed by atoms with Gasteiger partial charge in [0.1, 0.15) is 11.1 Å². The molecule has 3 heterocycles. The summed E-state index contributed by atoms with van der Waals surface area (Å²) in [4.78, 5) is 30.4. The van der Waals surface area contributed by atoms with E-state index < -0.39 is 11.5 Å². The predicted molar refractivity (Wildman–Crippen MR) is 123 cm³/mol. The second-order valence-electron chi connectivity index (χ2n) is 9.33. The van der Waals surface area contributed by atoms with Gasteiger partial charge in [0.05, 0.1) is 0 Å². The second-order valence-corrected chi connectivity index (χ2v) is 9.33. The number of carbonyl (C=O) groups is 2. The second kappa shape index (κ2) is 9.23. The van der Waals surface area contributed by atoms with Crippen LogP contribution in [0.4, 0.5) is 4.79 Å². The van der Waals surface area contributed by atoms with Gasteiger partial charge < -0.3 is 14.2 Å². The number of nitrogens with one attached hydrogen (secondary N) is 1. The van der Waals surface area contributed by atoms with Crippen molar-refractivity contribution < 1.29 is 19.5 Å². The van der Waals surface area contributed by atoms with E-state index in [0.717, 1.165) is 35.7 Å². The van der Waals surface area contributed by atoms with Gasteiger partial charge >= 0.3 is 6.09 Å². The van der Waals surface area contributed by atoms with Gasteiger partial charge in [-0.3, -0.25) is 15.0 Å². The topological polar surface area (TPSA) is 96.2 Å². The van der Waals surface area contributed by atoms with E-state index in [0.29, 0.717) is 25.2 Å². The molecule has 2 aliphatic rings. The third-order valence-corrected chi connectivity index (χ3v) is 5.80. The van der Waals surface area contributed by atoms with Crippen molar-refractivity contribution in [2.24, 2.45) is 4.99 Å². The summed E-state index contributed by atoms with van der Waals surface area (Å²) in [6, 6.07) is 9.24. The molecule has 0 unspecified atom stereocenters. The molecule has 1 aromatic carbocycles. The Morgan fingerprint density at radius 2 is 1.91 bits per heavy atom. The lowest BCUT2D eigenvalue weighted by Gasteiger charge is -2.30. The molecule has 4 rings (SSSR count). The van der Waals surface area contributed by atoms with Crippen molar-refractivity contribution in [3.63, 3.8) is 0 Å². The molecule has 2 amide bonds. The lowest BCUT2D eigenvalue weighted by molar-refractivity contribution is 0.0266. The SMILES string of the molecule is CC(C)(C)OC(=O)N1CC=C(C2=c3ccn(Cc4ccc(C(=O)NO)cc4)c3=NCC2)CC1. The average Bonchev–Trinajstić information content (AvgIpc) is 3.21. The van der Waals surface area contributed by atoms with E-state index in [1.54, 1.807) is 22.5 Å². The van der Waals surface area contributed by atoms with Crippen molar-refractivity contribution >= 4 is 17.6 Å². The Hall–Kier alpha value is -3.39. The normalized spacial score (nSPS) is 15.9. The molecule has 0 aliphatic carbocycles. The monoisotopic (exact) mass is 450 g/mol. The van der Waals surface area contributed by atoms with Gasteiger partial charge in [0, 0.05) is 43.2 Å². The van der Waals surface area contributed by atoms with Crippen LogP contribution in [0.15, 0.2) is 53.2 Å². The molecule has 2 aliphatic heterocycles. The number of carbonyl (C=O) groups excluding carboxylic acids is 2. The van der Waals surface area contributed by atoms with Gasteiger partial charge in [-0.2, -0.15) is 0 Å². The average molecular weight is 451 g/mol. The van der Waals surface area contributed by atoms with E-state index in [9.17, 15) is 9.59 Å². The number of aromatic nitrogens is 1. The van der Waals surface area contributed by atoms with Crippen LogP contribution in [0.1, 0.15) is 49.5 Å². The molecule has 0 radical (unpaired) electrons. The maximum absolute atomic E-state index is 12.4. The summed E-state index contributed by atoms with van der Waals surface area (Å²) < 4.78 is 7.62. The summed E-state index contributed by atoms with van der Waals surface area (Å²) in [5.41, 5.74) is 6.14. The third-order valence-electron chi connectivity index (χ3n) is 5.80. The number of fused-ring (bicyclic) bond motifs is 1. The molecule has 0 atom stereocenters. The van der Waals surface area contributed by atoms with E-state index >= 15 is 0 Å². The van der Waals surface area contributed by atoms with E-state index in [1.807, 2.05) is 39.1 Å². The lowest BCUT2D eigenvalue weighted by atomic mass is 9.94. The van der Waals surface area contributed by atoms with Gasteiger partial charge in [0.15, 0.2) is 0 Å². The summed E-state index contributed by atoms with van der Waals surface area (Å²) in [7, 11) is 0. The Morgan fingerprint density at radius 3 is 2.55 bits per heavy atom. The number of amides is 2. The van der Waals surface area contributed by atoms with Gasteiger partial charge in [-0.05, 0) is 68.5 Å². The van der Waals surface area contributed by atoms with Crippen LogP contribution in [-0.4, -0.2) is 51.9 Å². The highest BCUT2D eigenvalue weighted by molar-refractivity contribution is 5.93. The minimum atomic E-state index is -0.528. The highest BCUT2D eigenvalue weighted by Gasteiger charge is 2.25. The van der Waals surface area contributed by atoms with Crippen molar-refractivity contribution in [2.45, 2.75) is 45.8 Å². The molecule has 0 spiro atoms. The third kappa shape index (κ3) is 5.17. The van der Waals surface area contributed by atoms with Crippen molar-refractivity contribution in [1.29, 1.82) is 0 Å². The van der Waals surface area contributed by atoms with Crippen LogP contribution in [0.2, 0.25) is 0 Å². The highest BCUT2D eigenvalue weighted by Crippen LogP contribution is 2.24. The fourth-order valence-corrected chi connectivity index (χ4v) is 4.20. The molecule has 2 N–H and O–H groups in total. The summed E-state index contributed by atoms with van der Waals surface area (Å²) in [6.07, 6.45) is 5.61. The molecule has 0 bridgehead atoms. The fourth-order valence-electron chi connectivity index (χ4n) is 4.20. The first-order chi connectivity index (χ1) is 15.7. The Kier molecular flexibility index (Phi) is 6.37. The van der Waals surface area contributed by atoms with E-state index in [4.69, 9.17) is 14.9 Å². The van der Waals surface area contributed by atoms with Crippen molar-refractivity contribution in [1.82, 2.24) is 14.9 Å². The van der Waals surface area contributed by atoms with Crippen LogP contribution < -0.4 is 16.2 Å². The Labute approximate surface area is 192 Å². The number of ether oxygens (including phenoxy) is 1. The van der Waals surface area contributed by atoms with Crippen molar-refractivity contribution in [3.05, 3.63) is 70.0 Å². The minimum Gasteiger partial charge on any atom is -0.444 e. The zero-order chi connectivity index (χ0) is 23.6. The first-order valence-electron chi connectivity index (χ1n) is 11.2. The molecule has 2 aromatic rings. The maximum atomic E-state index is 12.4. The molecule has 33 heavy (non-hydrogen) atoms. The molecule has 0 saturated heterocycles. The summed E-state index contributed by atoms with van der Waals surface area (Å²) in [5, 5.41) is 9.92. The Balaban J connectivity index is 1.53. The Morgan fingerprint density at radius 1 is 1.15 bits per heavy atom. The van der Waals surface area contributed by atoms with Gasteiger partial charge in [0.2, 0.25) is 0 Å². The standard InChI is InChI=1S/C25H30N4O4/c1-25(2,3)33-24(31)28-13-9-18(10-14-28)20-8-12-26-22-21(20)11-15-29(22)16-17-4-6-19(7-5-17)23(30)27-32/h4-7,9,11,15,32H,8,10,12-14,16H2,1-3H3,(H,27,30). The maximum Gasteiger partial charge on any atom is 0.410 e. The number of rotatable bonds is 4. The number of hydrogen-bond donors (Lipinski definition) is 2. The highest BCUT2D eigenvalue weighted by atomic mass is 16.6. The van der Waals surface area contributed by atoms with Gasteiger partial charge in [-0.25, -0.2) is 10.3 Å². The molecule has 8 nitrogen and oxygen atoms in total. The molecule has 0 saturated carbocycles. The van der Waals surface area contributed by atoms with Gasteiger partial charge in [-0.1, -0.05) is 18.2 Å². The quantitative estimate of drug-likeness (QED) is 0.552. The van der Waals surface area contributed by atoms with E-state index in [1.165, 1.54) is 11.1 Å². The van der Waals surface area contributed by atoms with Crippen LogP contribution in [0, 0.1) is 0 Å². The lowest BCUT2D eigenvalue weighted by Crippen LogP contribution is -2.40. The number of hydrogen-bond acceptors (Lipinski definition) is 5. The summed E-state index contributed by atoms with van der Waals surface area (Å²) in [5.74, 6) is -0.528. The molecular weight excluding hydrogens is 420 g/mol. The zero-order valence-electron chi connectivity index (χ0n) is 19.3. The first kappa shape index (κ1) is 22.8. The minimum absolute atomic E-state index is 0.268. The van der Waals surface area contributed by atoms with E-state index in [2.05, 4.69) is 16.7 Å². The van der Waals surface area contributed by atoms with Gasteiger partial charge in [-0.15, -0.1) is 0 Å². The van der Waals surface area contributed by atoms with Crippen molar-refractivity contribution in [2.75, 3.05) is 19.6 Å². The van der Waals surface area contributed by atoms with Crippen LogP contribution >= 0.6 is 0 Å². The molecule has 8 heteroatoms. The first-order valence-corrected chi connectivity index (χ1v) is 11.2. The molecule has 174 valence electrons. The predicted octanol–water partition coefficient (Wildman–Crippen LogP) is 2.40. The summed E-state index contributed by atoms with van der Waals surface area (Å²) >= 11 is 0. The van der Waals surface area contributed by atoms with Crippen LogP contribution in [-0.2, 0) is 11.3 Å². The van der Waals surface area contributed by atoms with Crippen LogP contribution in [0.5, 0.6) is 0 Å². The van der Waals surface area contributed by atoms with E-state index in [-0.39, 0.29) is 6.09 Å².